The summed E-state index contributed by atoms with van der Waals surface area (Å²) >= 11 is 0. The Bertz CT molecular complexity index is 472. The molecule has 1 aromatic rings. The Morgan fingerprint density at radius 1 is 1.26 bits per heavy atom. The number of carbonyl (C=O) groups is 1. The lowest BCUT2D eigenvalue weighted by atomic mass is 9.91. The maximum atomic E-state index is 10.9. The van der Waals surface area contributed by atoms with Crippen molar-refractivity contribution in [3.63, 3.8) is 0 Å². The van der Waals surface area contributed by atoms with E-state index in [1.165, 1.54) is 0 Å². The Labute approximate surface area is 113 Å². The number of aryl methyl sites for hydroxylation is 1. The van der Waals surface area contributed by atoms with Crippen LogP contribution < -0.4 is 16.2 Å². The number of hydrogen-bond donors (Lipinski definition) is 3. The van der Waals surface area contributed by atoms with Crippen LogP contribution in [0.4, 0.5) is 0 Å². The Kier molecular flexibility index (Phi) is 4.91. The first kappa shape index (κ1) is 15.5. The van der Waals surface area contributed by atoms with Crippen molar-refractivity contribution in [1.29, 1.82) is 0 Å². The lowest BCUT2D eigenvalue weighted by Crippen LogP contribution is -2.41. The molecule has 0 aliphatic carbocycles. The second-order valence-electron chi connectivity index (χ2n) is 5.00. The zero-order valence-corrected chi connectivity index (χ0v) is 11.8. The predicted molar refractivity (Wildman–Crippen MR) is 74.4 cm³/mol. The summed E-state index contributed by atoms with van der Waals surface area (Å²) in [6, 6.07) is 1.92. The minimum atomic E-state index is -1.12. The summed E-state index contributed by atoms with van der Waals surface area (Å²) in [5.41, 5.74) is 14.2. The molecule has 0 amide bonds. The highest BCUT2D eigenvalue weighted by atomic mass is 16.5. The highest BCUT2D eigenvalue weighted by molar-refractivity contribution is 5.74. The van der Waals surface area contributed by atoms with Gasteiger partial charge in [-0.15, -0.1) is 0 Å². The maximum absolute atomic E-state index is 10.9. The Balaban J connectivity index is 3.28. The molecule has 0 radical (unpaired) electrons. The first-order valence-electron chi connectivity index (χ1n) is 6.22. The third-order valence-corrected chi connectivity index (χ3v) is 3.27. The first-order valence-corrected chi connectivity index (χ1v) is 6.22. The summed E-state index contributed by atoms with van der Waals surface area (Å²) in [6.07, 6.45) is 0. The molecule has 0 saturated heterocycles. The molecule has 1 rings (SSSR count). The minimum Gasteiger partial charge on any atom is -0.496 e. The smallest absolute Gasteiger partial charge is 0.322 e. The molecule has 0 spiro atoms. The number of methoxy groups -OCH3 is 1. The molecule has 0 aliphatic rings. The molecule has 0 saturated carbocycles. The van der Waals surface area contributed by atoms with Crippen LogP contribution in [0.15, 0.2) is 12.1 Å². The second kappa shape index (κ2) is 6.04. The fourth-order valence-electron chi connectivity index (χ4n) is 2.05. The molecule has 0 bridgehead atoms. The molecule has 1 aromatic carbocycles. The van der Waals surface area contributed by atoms with Crippen LogP contribution >= 0.6 is 0 Å². The second-order valence-corrected chi connectivity index (χ2v) is 5.00. The fourth-order valence-corrected chi connectivity index (χ4v) is 2.05. The van der Waals surface area contributed by atoms with Gasteiger partial charge in [0.05, 0.1) is 13.2 Å². The van der Waals surface area contributed by atoms with Crippen molar-refractivity contribution in [2.45, 2.75) is 38.8 Å². The van der Waals surface area contributed by atoms with Gasteiger partial charge in [-0.05, 0) is 41.7 Å². The van der Waals surface area contributed by atoms with Crippen LogP contribution in [0.1, 0.15) is 42.5 Å². The molecule has 2 atom stereocenters. The fraction of sp³-hybridized carbons (Fsp3) is 0.500. The summed E-state index contributed by atoms with van der Waals surface area (Å²) in [5, 5.41) is 8.95. The van der Waals surface area contributed by atoms with Gasteiger partial charge in [0, 0.05) is 0 Å². The molecule has 5 heteroatoms. The van der Waals surface area contributed by atoms with Crippen molar-refractivity contribution >= 4 is 5.97 Å². The Morgan fingerprint density at radius 3 is 2.26 bits per heavy atom. The predicted octanol–water partition coefficient (Wildman–Crippen LogP) is 1.54. The number of rotatable bonds is 5. The molecule has 2 unspecified atom stereocenters. The van der Waals surface area contributed by atoms with E-state index in [2.05, 4.69) is 0 Å². The molecule has 19 heavy (non-hydrogen) atoms. The molecule has 5 nitrogen and oxygen atoms in total. The monoisotopic (exact) mass is 266 g/mol. The van der Waals surface area contributed by atoms with Gasteiger partial charge in [-0.25, -0.2) is 0 Å². The number of aliphatic carboxylic acids is 1. The van der Waals surface area contributed by atoms with Crippen LogP contribution in [0.2, 0.25) is 0 Å². The van der Waals surface area contributed by atoms with Crippen molar-refractivity contribution in [2.24, 2.45) is 11.5 Å². The number of ether oxygens (including phenoxy) is 1. The highest BCUT2D eigenvalue weighted by Gasteiger charge is 2.25. The van der Waals surface area contributed by atoms with Gasteiger partial charge in [0.25, 0.3) is 0 Å². The number of hydrogen-bond acceptors (Lipinski definition) is 4. The summed E-state index contributed by atoms with van der Waals surface area (Å²) < 4.78 is 5.34. The third-order valence-electron chi connectivity index (χ3n) is 3.27. The average molecular weight is 266 g/mol. The van der Waals surface area contributed by atoms with Gasteiger partial charge in [0.1, 0.15) is 11.8 Å². The summed E-state index contributed by atoms with van der Waals surface area (Å²) in [4.78, 5) is 10.9. The van der Waals surface area contributed by atoms with Crippen molar-refractivity contribution < 1.29 is 14.6 Å². The zero-order chi connectivity index (χ0) is 14.7. The molecule has 0 heterocycles. The van der Waals surface area contributed by atoms with Crippen molar-refractivity contribution in [1.82, 2.24) is 0 Å². The van der Waals surface area contributed by atoms with E-state index in [1.807, 2.05) is 32.9 Å². The van der Waals surface area contributed by atoms with Gasteiger partial charge in [-0.3, -0.25) is 4.79 Å². The molecule has 0 aliphatic heterocycles. The SMILES string of the molecule is COc1cc(C)c(C(N)C(N)C(=O)O)cc1C(C)C. The van der Waals surface area contributed by atoms with Crippen molar-refractivity contribution in [3.8, 4) is 5.75 Å². The van der Waals surface area contributed by atoms with Crippen LogP contribution in [0, 0.1) is 6.92 Å². The Morgan fingerprint density at radius 2 is 1.84 bits per heavy atom. The van der Waals surface area contributed by atoms with Crippen molar-refractivity contribution in [2.75, 3.05) is 7.11 Å². The number of carboxylic acids is 1. The molecule has 106 valence electrons. The maximum Gasteiger partial charge on any atom is 0.322 e. The highest BCUT2D eigenvalue weighted by Crippen LogP contribution is 2.32. The van der Waals surface area contributed by atoms with Gasteiger partial charge in [-0.1, -0.05) is 13.8 Å². The first-order chi connectivity index (χ1) is 8.79. The van der Waals surface area contributed by atoms with E-state index in [9.17, 15) is 4.79 Å². The molecule has 5 N–H and O–H groups in total. The summed E-state index contributed by atoms with van der Waals surface area (Å²) in [5.74, 6) is -0.0660. The van der Waals surface area contributed by atoms with E-state index in [1.54, 1.807) is 7.11 Å². The van der Waals surface area contributed by atoms with E-state index in [0.29, 0.717) is 0 Å². The molecular weight excluding hydrogens is 244 g/mol. The molecule has 0 fully saturated rings. The largest absolute Gasteiger partial charge is 0.496 e. The van der Waals surface area contributed by atoms with Gasteiger partial charge in [0.2, 0.25) is 0 Å². The van der Waals surface area contributed by atoms with Crippen molar-refractivity contribution in [3.05, 3.63) is 28.8 Å². The Hall–Kier alpha value is -1.59. The van der Waals surface area contributed by atoms with Gasteiger partial charge >= 0.3 is 5.97 Å². The van der Waals surface area contributed by atoms with Crippen LogP contribution in [0.3, 0.4) is 0 Å². The number of carboxylic acid groups (broad SMARTS) is 1. The van der Waals surface area contributed by atoms with Crippen LogP contribution in [-0.2, 0) is 4.79 Å². The van der Waals surface area contributed by atoms with E-state index < -0.39 is 18.1 Å². The van der Waals surface area contributed by atoms with Gasteiger partial charge in [0.15, 0.2) is 0 Å². The van der Waals surface area contributed by atoms with E-state index in [-0.39, 0.29) is 5.92 Å². The minimum absolute atomic E-state index is 0.252. The molecular formula is C14H22N2O3. The lowest BCUT2D eigenvalue weighted by Gasteiger charge is -2.22. The quantitative estimate of drug-likeness (QED) is 0.750. The number of benzene rings is 1. The zero-order valence-electron chi connectivity index (χ0n) is 11.8. The van der Waals surface area contributed by atoms with E-state index in [0.717, 1.165) is 22.4 Å². The normalized spacial score (nSPS) is 14.3. The summed E-state index contributed by atoms with van der Waals surface area (Å²) in [6.45, 7) is 5.95. The lowest BCUT2D eigenvalue weighted by molar-refractivity contribution is -0.139. The van der Waals surface area contributed by atoms with Crippen LogP contribution in [0.5, 0.6) is 5.75 Å². The van der Waals surface area contributed by atoms with Gasteiger partial charge in [-0.2, -0.15) is 0 Å². The standard InChI is InChI=1S/C14H22N2O3/c1-7(2)9-6-10(8(3)5-11(9)19-4)12(15)13(16)14(17)18/h5-7,12-13H,15-16H2,1-4H3,(H,17,18). The van der Waals surface area contributed by atoms with Crippen LogP contribution in [0.25, 0.3) is 0 Å². The van der Waals surface area contributed by atoms with Crippen LogP contribution in [-0.4, -0.2) is 24.2 Å². The summed E-state index contributed by atoms with van der Waals surface area (Å²) in [7, 11) is 1.61. The third kappa shape index (κ3) is 3.24. The van der Waals surface area contributed by atoms with E-state index >= 15 is 0 Å². The molecule has 0 aromatic heterocycles. The van der Waals surface area contributed by atoms with E-state index in [4.69, 9.17) is 21.3 Å². The average Bonchev–Trinajstić information content (AvgIpc) is 2.35. The number of nitrogens with two attached hydrogens (primary N) is 2. The van der Waals surface area contributed by atoms with Gasteiger partial charge < -0.3 is 21.3 Å². The topological polar surface area (TPSA) is 98.6 Å².